The maximum Gasteiger partial charge on any atom is 0.318 e. The average molecular weight is 197 g/mol. The zero-order chi connectivity index (χ0) is 10.4. The van der Waals surface area contributed by atoms with Crippen LogP contribution in [0.1, 0.15) is 13.8 Å². The summed E-state index contributed by atoms with van der Waals surface area (Å²) in [5.74, 6) is 0.401. The van der Waals surface area contributed by atoms with Crippen molar-refractivity contribution in [2.24, 2.45) is 0 Å². The van der Waals surface area contributed by atoms with E-state index in [0.29, 0.717) is 19.0 Å². The molecular weight excluding hydrogens is 182 g/mol. The van der Waals surface area contributed by atoms with Crippen LogP contribution in [0.25, 0.3) is 0 Å². The molecule has 0 aliphatic heterocycles. The zero-order valence-electron chi connectivity index (χ0n) is 8.43. The summed E-state index contributed by atoms with van der Waals surface area (Å²) in [6.07, 6.45) is 1.49. The second-order valence-corrected chi connectivity index (χ2v) is 2.85. The number of rotatable bonds is 5. The fourth-order valence-corrected chi connectivity index (χ4v) is 0.909. The van der Waals surface area contributed by atoms with Gasteiger partial charge in [-0.05, 0) is 19.9 Å². The van der Waals surface area contributed by atoms with E-state index >= 15 is 0 Å². The molecule has 1 rings (SSSR count). The van der Waals surface area contributed by atoms with Crippen molar-refractivity contribution in [3.8, 4) is 6.01 Å². The summed E-state index contributed by atoms with van der Waals surface area (Å²) in [5.41, 5.74) is 5.47. The fraction of sp³-hybridized carbons (Fsp3) is 0.556. The van der Waals surface area contributed by atoms with Crippen LogP contribution in [0.3, 0.4) is 0 Å². The van der Waals surface area contributed by atoms with Crippen LogP contribution < -0.4 is 10.5 Å². The van der Waals surface area contributed by atoms with Crippen LogP contribution in [0.5, 0.6) is 6.01 Å². The lowest BCUT2D eigenvalue weighted by Gasteiger charge is -2.12. The van der Waals surface area contributed by atoms with Crippen molar-refractivity contribution >= 4 is 5.82 Å². The molecule has 2 N–H and O–H groups in total. The van der Waals surface area contributed by atoms with Gasteiger partial charge >= 0.3 is 6.01 Å². The summed E-state index contributed by atoms with van der Waals surface area (Å²) in [4.78, 5) is 7.83. The Morgan fingerprint density at radius 2 is 2.36 bits per heavy atom. The van der Waals surface area contributed by atoms with E-state index in [1.54, 1.807) is 12.3 Å². The van der Waals surface area contributed by atoms with Crippen molar-refractivity contribution in [2.45, 2.75) is 20.0 Å². The number of nitrogens with two attached hydrogens (primary N) is 1. The minimum absolute atomic E-state index is 0.0725. The highest BCUT2D eigenvalue weighted by molar-refractivity contribution is 5.26. The van der Waals surface area contributed by atoms with E-state index in [1.807, 2.05) is 13.8 Å². The molecule has 1 aromatic heterocycles. The number of nitrogens with zero attached hydrogens (tertiary/aromatic N) is 2. The standard InChI is InChI=1S/C9H15N3O2/c1-3-13-6-7(2)14-9-11-5-4-8(10)12-9/h4-5,7H,3,6H2,1-2H3,(H2,10,11,12). The van der Waals surface area contributed by atoms with Crippen LogP contribution in [0.2, 0.25) is 0 Å². The molecule has 14 heavy (non-hydrogen) atoms. The lowest BCUT2D eigenvalue weighted by Crippen LogP contribution is -2.20. The Morgan fingerprint density at radius 1 is 1.57 bits per heavy atom. The predicted molar refractivity (Wildman–Crippen MR) is 53.0 cm³/mol. The number of nitrogen functional groups attached to an aromatic ring is 1. The first-order valence-corrected chi connectivity index (χ1v) is 4.55. The molecule has 1 aromatic rings. The summed E-state index contributed by atoms with van der Waals surface area (Å²) < 4.78 is 10.6. The van der Waals surface area contributed by atoms with Gasteiger partial charge in [0.2, 0.25) is 0 Å². The quantitative estimate of drug-likeness (QED) is 0.758. The molecule has 1 atom stereocenters. The highest BCUT2D eigenvalue weighted by Crippen LogP contribution is 2.06. The smallest absolute Gasteiger partial charge is 0.318 e. The number of hydrogen-bond donors (Lipinski definition) is 1. The second kappa shape index (κ2) is 5.39. The predicted octanol–water partition coefficient (Wildman–Crippen LogP) is 0.863. The van der Waals surface area contributed by atoms with Crippen molar-refractivity contribution in [3.05, 3.63) is 12.3 Å². The normalized spacial score (nSPS) is 12.4. The molecule has 78 valence electrons. The minimum Gasteiger partial charge on any atom is -0.458 e. The summed E-state index contributed by atoms with van der Waals surface area (Å²) in [7, 11) is 0. The molecule has 0 radical (unpaired) electrons. The Balaban J connectivity index is 2.43. The lowest BCUT2D eigenvalue weighted by atomic mass is 10.4. The van der Waals surface area contributed by atoms with E-state index in [0.717, 1.165) is 0 Å². The van der Waals surface area contributed by atoms with Gasteiger partial charge < -0.3 is 15.2 Å². The third-order valence-corrected chi connectivity index (χ3v) is 1.52. The van der Waals surface area contributed by atoms with Crippen molar-refractivity contribution in [1.82, 2.24) is 9.97 Å². The van der Waals surface area contributed by atoms with E-state index in [2.05, 4.69) is 9.97 Å². The molecule has 0 saturated carbocycles. The molecule has 1 heterocycles. The van der Waals surface area contributed by atoms with Crippen LogP contribution >= 0.6 is 0 Å². The Bertz CT molecular complexity index is 281. The third kappa shape index (κ3) is 3.57. The molecule has 0 bridgehead atoms. The van der Waals surface area contributed by atoms with Gasteiger partial charge in [-0.1, -0.05) is 0 Å². The maximum atomic E-state index is 5.47. The summed E-state index contributed by atoms with van der Waals surface area (Å²) >= 11 is 0. The van der Waals surface area contributed by atoms with Crippen LogP contribution in [-0.4, -0.2) is 29.3 Å². The maximum absolute atomic E-state index is 5.47. The monoisotopic (exact) mass is 197 g/mol. The van der Waals surface area contributed by atoms with Gasteiger partial charge in [-0.25, -0.2) is 4.98 Å². The van der Waals surface area contributed by atoms with Gasteiger partial charge in [0.05, 0.1) is 6.61 Å². The topological polar surface area (TPSA) is 70.3 Å². The molecule has 5 nitrogen and oxygen atoms in total. The molecule has 0 saturated heterocycles. The van der Waals surface area contributed by atoms with E-state index in [9.17, 15) is 0 Å². The van der Waals surface area contributed by atoms with E-state index in [1.165, 1.54) is 0 Å². The first kappa shape index (κ1) is 10.7. The molecule has 0 aromatic carbocycles. The number of aromatic nitrogens is 2. The molecule has 0 fully saturated rings. The molecule has 1 unspecified atom stereocenters. The summed E-state index contributed by atoms with van der Waals surface area (Å²) in [5, 5.41) is 0. The second-order valence-electron chi connectivity index (χ2n) is 2.85. The average Bonchev–Trinajstić information content (AvgIpc) is 2.15. The lowest BCUT2D eigenvalue weighted by molar-refractivity contribution is 0.0608. The first-order valence-electron chi connectivity index (χ1n) is 4.55. The van der Waals surface area contributed by atoms with E-state index in [-0.39, 0.29) is 12.1 Å². The van der Waals surface area contributed by atoms with Crippen molar-refractivity contribution in [1.29, 1.82) is 0 Å². The SMILES string of the molecule is CCOCC(C)Oc1nccc(N)n1. The van der Waals surface area contributed by atoms with E-state index in [4.69, 9.17) is 15.2 Å². The fourth-order valence-electron chi connectivity index (χ4n) is 0.909. The largest absolute Gasteiger partial charge is 0.458 e. The zero-order valence-corrected chi connectivity index (χ0v) is 8.43. The molecule has 5 heteroatoms. The van der Waals surface area contributed by atoms with Gasteiger partial charge in [0.15, 0.2) is 0 Å². The van der Waals surface area contributed by atoms with Crippen LogP contribution in [0, 0.1) is 0 Å². The Labute approximate surface area is 83.3 Å². The first-order chi connectivity index (χ1) is 6.72. The van der Waals surface area contributed by atoms with Gasteiger partial charge in [0.1, 0.15) is 11.9 Å². The Kier molecular flexibility index (Phi) is 4.12. The van der Waals surface area contributed by atoms with Crippen LogP contribution in [-0.2, 0) is 4.74 Å². The highest BCUT2D eigenvalue weighted by atomic mass is 16.5. The summed E-state index contributed by atoms with van der Waals surface area (Å²) in [6, 6.07) is 1.90. The van der Waals surface area contributed by atoms with Crippen molar-refractivity contribution < 1.29 is 9.47 Å². The van der Waals surface area contributed by atoms with Crippen molar-refractivity contribution in [3.63, 3.8) is 0 Å². The number of hydrogen-bond acceptors (Lipinski definition) is 5. The van der Waals surface area contributed by atoms with Gasteiger partial charge in [0, 0.05) is 12.8 Å². The molecule has 0 aliphatic carbocycles. The van der Waals surface area contributed by atoms with Gasteiger partial charge in [-0.15, -0.1) is 0 Å². The number of ether oxygens (including phenoxy) is 2. The van der Waals surface area contributed by atoms with Crippen LogP contribution in [0.4, 0.5) is 5.82 Å². The highest BCUT2D eigenvalue weighted by Gasteiger charge is 2.05. The van der Waals surface area contributed by atoms with Gasteiger partial charge in [-0.3, -0.25) is 0 Å². The van der Waals surface area contributed by atoms with Crippen molar-refractivity contribution in [2.75, 3.05) is 18.9 Å². The van der Waals surface area contributed by atoms with Gasteiger partial charge in [-0.2, -0.15) is 4.98 Å². The molecule has 0 amide bonds. The van der Waals surface area contributed by atoms with Gasteiger partial charge in [0.25, 0.3) is 0 Å². The minimum atomic E-state index is -0.0725. The Morgan fingerprint density at radius 3 is 3.00 bits per heavy atom. The molecule has 0 spiro atoms. The molecular formula is C9H15N3O2. The summed E-state index contributed by atoms with van der Waals surface area (Å²) in [6.45, 7) is 5.02. The number of anilines is 1. The third-order valence-electron chi connectivity index (χ3n) is 1.52. The van der Waals surface area contributed by atoms with E-state index < -0.39 is 0 Å². The molecule has 0 aliphatic rings. The Hall–Kier alpha value is -1.36. The van der Waals surface area contributed by atoms with Crippen LogP contribution in [0.15, 0.2) is 12.3 Å².